The van der Waals surface area contributed by atoms with E-state index >= 15 is 0 Å². The normalized spacial score (nSPS) is 13.3. The predicted molar refractivity (Wildman–Crippen MR) is 95.8 cm³/mol. The van der Waals surface area contributed by atoms with E-state index in [1.165, 1.54) is 0 Å². The van der Waals surface area contributed by atoms with Gasteiger partial charge < -0.3 is 10.6 Å². The minimum atomic E-state index is -0.0553. The van der Waals surface area contributed by atoms with E-state index in [0.29, 0.717) is 25.2 Å². The number of anilines is 1. The number of aryl methyl sites for hydroxylation is 1. The number of carbonyl (C=O) groups excluding carboxylic acids is 2. The van der Waals surface area contributed by atoms with Crippen molar-refractivity contribution in [2.45, 2.75) is 32.6 Å². The summed E-state index contributed by atoms with van der Waals surface area (Å²) in [6, 6.07) is 9.31. The summed E-state index contributed by atoms with van der Waals surface area (Å²) in [5, 5.41) is 5.72. The molecule has 0 aliphatic heterocycles. The quantitative estimate of drug-likeness (QED) is 0.760. The average molecular weight is 338 g/mol. The Bertz CT molecular complexity index is 754. The molecule has 1 fully saturated rings. The highest BCUT2D eigenvalue weighted by Crippen LogP contribution is 2.28. The van der Waals surface area contributed by atoms with Gasteiger partial charge in [-0.1, -0.05) is 0 Å². The van der Waals surface area contributed by atoms with Gasteiger partial charge in [0.25, 0.3) is 0 Å². The Hall–Kier alpha value is -2.76. The molecule has 6 nitrogen and oxygen atoms in total. The van der Waals surface area contributed by atoms with Gasteiger partial charge in [0.15, 0.2) is 5.82 Å². The van der Waals surface area contributed by atoms with Crippen molar-refractivity contribution < 1.29 is 9.59 Å². The molecule has 1 aliphatic rings. The summed E-state index contributed by atoms with van der Waals surface area (Å²) in [4.78, 5) is 32.1. The van der Waals surface area contributed by atoms with Crippen molar-refractivity contribution in [3.05, 3.63) is 42.2 Å². The second-order valence-corrected chi connectivity index (χ2v) is 6.32. The van der Waals surface area contributed by atoms with Crippen molar-refractivity contribution in [3.8, 4) is 11.4 Å². The lowest BCUT2D eigenvalue weighted by molar-refractivity contribution is -0.122. The largest absolute Gasteiger partial charge is 0.356 e. The van der Waals surface area contributed by atoms with E-state index in [4.69, 9.17) is 0 Å². The summed E-state index contributed by atoms with van der Waals surface area (Å²) < 4.78 is 0. The molecule has 2 N–H and O–H groups in total. The fourth-order valence-electron chi connectivity index (χ4n) is 2.46. The summed E-state index contributed by atoms with van der Waals surface area (Å²) in [5.41, 5.74) is 2.56. The van der Waals surface area contributed by atoms with Crippen molar-refractivity contribution >= 4 is 17.5 Å². The highest BCUT2D eigenvalue weighted by molar-refractivity contribution is 5.91. The minimum absolute atomic E-state index is 0.0553. The number of hydrogen-bond donors (Lipinski definition) is 2. The van der Waals surface area contributed by atoms with Gasteiger partial charge in [-0.2, -0.15) is 0 Å². The second-order valence-electron chi connectivity index (χ2n) is 6.32. The number of carbonyl (C=O) groups is 2. The lowest BCUT2D eigenvalue weighted by atomic mass is 10.2. The fraction of sp³-hybridized carbons (Fsp3) is 0.368. The van der Waals surface area contributed by atoms with Crippen LogP contribution in [0.2, 0.25) is 0 Å². The van der Waals surface area contributed by atoms with Crippen molar-refractivity contribution in [1.29, 1.82) is 0 Å². The van der Waals surface area contributed by atoms with Crippen LogP contribution in [-0.2, 0) is 9.59 Å². The molecule has 0 bridgehead atoms. The molecule has 1 aromatic carbocycles. The van der Waals surface area contributed by atoms with Crippen molar-refractivity contribution in [2.75, 3.05) is 11.9 Å². The van der Waals surface area contributed by atoms with Crippen LogP contribution in [0.25, 0.3) is 11.4 Å². The number of hydrogen-bond acceptors (Lipinski definition) is 4. The molecule has 1 heterocycles. The van der Waals surface area contributed by atoms with Gasteiger partial charge in [0.2, 0.25) is 11.8 Å². The van der Waals surface area contributed by atoms with E-state index in [9.17, 15) is 9.59 Å². The van der Waals surface area contributed by atoms with Crippen LogP contribution < -0.4 is 10.6 Å². The van der Waals surface area contributed by atoms with E-state index in [2.05, 4.69) is 20.6 Å². The van der Waals surface area contributed by atoms with Crippen LogP contribution in [0.4, 0.5) is 5.69 Å². The summed E-state index contributed by atoms with van der Waals surface area (Å²) in [7, 11) is 0. The lowest BCUT2D eigenvalue weighted by Crippen LogP contribution is -2.26. The van der Waals surface area contributed by atoms with Crippen LogP contribution in [0.15, 0.2) is 36.5 Å². The van der Waals surface area contributed by atoms with Gasteiger partial charge in [0.05, 0.1) is 0 Å². The molecule has 0 unspecified atom stereocenters. The van der Waals surface area contributed by atoms with Gasteiger partial charge in [-0.05, 0) is 56.5 Å². The molecule has 1 aromatic heterocycles. The number of aromatic nitrogens is 2. The maximum absolute atomic E-state index is 12.0. The van der Waals surface area contributed by atoms with E-state index in [0.717, 1.165) is 29.8 Å². The SMILES string of the molecule is Cc1ccnc(-c2ccc(NC(=O)CCCNC(=O)C3CC3)cc2)n1. The molecule has 25 heavy (non-hydrogen) atoms. The molecular formula is C19H22N4O2. The number of nitrogens with zero attached hydrogens (tertiary/aromatic N) is 2. The summed E-state index contributed by atoms with van der Waals surface area (Å²) in [6.45, 7) is 2.47. The predicted octanol–water partition coefficient (Wildman–Crippen LogP) is 2.70. The van der Waals surface area contributed by atoms with E-state index in [1.807, 2.05) is 37.3 Å². The van der Waals surface area contributed by atoms with Crippen molar-refractivity contribution in [2.24, 2.45) is 5.92 Å². The van der Waals surface area contributed by atoms with Crippen LogP contribution in [-0.4, -0.2) is 28.3 Å². The molecule has 1 saturated carbocycles. The van der Waals surface area contributed by atoms with Crippen LogP contribution in [0, 0.1) is 12.8 Å². The Morgan fingerprint density at radius 3 is 2.60 bits per heavy atom. The van der Waals surface area contributed by atoms with E-state index < -0.39 is 0 Å². The summed E-state index contributed by atoms with van der Waals surface area (Å²) in [5.74, 6) is 0.948. The Balaban J connectivity index is 1.44. The van der Waals surface area contributed by atoms with Crippen LogP contribution >= 0.6 is 0 Å². The maximum Gasteiger partial charge on any atom is 0.224 e. The Morgan fingerprint density at radius 1 is 1.16 bits per heavy atom. The van der Waals surface area contributed by atoms with Gasteiger partial charge in [0, 0.05) is 42.0 Å². The molecule has 1 aliphatic carbocycles. The molecule has 0 spiro atoms. The molecule has 130 valence electrons. The summed E-state index contributed by atoms with van der Waals surface area (Å²) in [6.07, 6.45) is 4.74. The molecule has 2 aromatic rings. The fourth-order valence-corrected chi connectivity index (χ4v) is 2.46. The number of benzene rings is 1. The first-order valence-electron chi connectivity index (χ1n) is 8.59. The monoisotopic (exact) mass is 338 g/mol. The lowest BCUT2D eigenvalue weighted by Gasteiger charge is -2.07. The zero-order chi connectivity index (χ0) is 17.6. The average Bonchev–Trinajstić information content (AvgIpc) is 3.44. The van der Waals surface area contributed by atoms with Gasteiger partial charge in [-0.15, -0.1) is 0 Å². The molecular weight excluding hydrogens is 316 g/mol. The highest BCUT2D eigenvalue weighted by Gasteiger charge is 2.28. The zero-order valence-electron chi connectivity index (χ0n) is 14.3. The van der Waals surface area contributed by atoms with Crippen LogP contribution in [0.1, 0.15) is 31.4 Å². The van der Waals surface area contributed by atoms with Crippen molar-refractivity contribution in [3.63, 3.8) is 0 Å². The third kappa shape index (κ3) is 5.11. The molecule has 0 atom stereocenters. The third-order valence-corrected chi connectivity index (χ3v) is 4.05. The van der Waals surface area contributed by atoms with E-state index in [1.54, 1.807) is 6.20 Å². The third-order valence-electron chi connectivity index (χ3n) is 4.05. The number of nitrogens with one attached hydrogen (secondary N) is 2. The first-order chi connectivity index (χ1) is 12.1. The van der Waals surface area contributed by atoms with Crippen molar-refractivity contribution in [1.82, 2.24) is 15.3 Å². The molecule has 6 heteroatoms. The van der Waals surface area contributed by atoms with E-state index in [-0.39, 0.29) is 17.7 Å². The zero-order valence-corrected chi connectivity index (χ0v) is 14.3. The molecule has 0 saturated heterocycles. The topological polar surface area (TPSA) is 84.0 Å². The van der Waals surface area contributed by atoms with Crippen LogP contribution in [0.3, 0.4) is 0 Å². The first-order valence-corrected chi connectivity index (χ1v) is 8.59. The number of rotatable bonds is 7. The molecule has 3 rings (SSSR count). The Morgan fingerprint density at radius 2 is 1.92 bits per heavy atom. The summed E-state index contributed by atoms with van der Waals surface area (Å²) >= 11 is 0. The standard InChI is InChI=1S/C19H22N4O2/c1-13-10-12-20-18(22-13)14-6-8-16(9-7-14)23-17(24)3-2-11-21-19(25)15-4-5-15/h6-10,12,15H,2-5,11H2,1H3,(H,21,25)(H,23,24). The Kier molecular flexibility index (Phi) is 5.38. The second kappa shape index (κ2) is 7.88. The first kappa shape index (κ1) is 17.1. The van der Waals surface area contributed by atoms with Gasteiger partial charge in [0.1, 0.15) is 0 Å². The molecule has 0 radical (unpaired) electrons. The molecule has 2 amide bonds. The smallest absolute Gasteiger partial charge is 0.224 e. The van der Waals surface area contributed by atoms with Gasteiger partial charge in [-0.3, -0.25) is 9.59 Å². The maximum atomic E-state index is 12.0. The number of amides is 2. The minimum Gasteiger partial charge on any atom is -0.356 e. The highest BCUT2D eigenvalue weighted by atomic mass is 16.2. The van der Waals surface area contributed by atoms with Gasteiger partial charge >= 0.3 is 0 Å². The van der Waals surface area contributed by atoms with Gasteiger partial charge in [-0.25, -0.2) is 9.97 Å². The Labute approximate surface area is 147 Å². The van der Waals surface area contributed by atoms with Crippen LogP contribution in [0.5, 0.6) is 0 Å².